The van der Waals surface area contributed by atoms with Crippen LogP contribution < -0.4 is 5.73 Å². The Morgan fingerprint density at radius 3 is 2.61 bits per heavy atom. The van der Waals surface area contributed by atoms with Crippen LogP contribution in [0.2, 0.25) is 0 Å². The van der Waals surface area contributed by atoms with Gasteiger partial charge in [0.2, 0.25) is 5.91 Å². The summed E-state index contributed by atoms with van der Waals surface area (Å²) in [4.78, 5) is 13.5. The Balaban J connectivity index is 0.00000289. The summed E-state index contributed by atoms with van der Waals surface area (Å²) in [6.07, 6.45) is 0.516. The molecule has 0 saturated heterocycles. The lowest BCUT2D eigenvalue weighted by molar-refractivity contribution is -0.129. The second-order valence-corrected chi connectivity index (χ2v) is 4.33. The van der Waals surface area contributed by atoms with Gasteiger partial charge < -0.3 is 15.7 Å². The van der Waals surface area contributed by atoms with Gasteiger partial charge in [-0.1, -0.05) is 18.2 Å². The van der Waals surface area contributed by atoms with Gasteiger partial charge in [-0.2, -0.15) is 0 Å². The van der Waals surface area contributed by atoms with Gasteiger partial charge >= 0.3 is 0 Å². The van der Waals surface area contributed by atoms with Crippen molar-refractivity contribution in [1.82, 2.24) is 4.90 Å². The maximum Gasteiger partial charge on any atom is 0.226 e. The zero-order valence-electron chi connectivity index (χ0n) is 10.8. The lowest BCUT2D eigenvalue weighted by Crippen LogP contribution is -2.30. The Hall–Kier alpha value is -1.26. The van der Waals surface area contributed by atoms with Gasteiger partial charge in [0.15, 0.2) is 0 Å². The minimum absolute atomic E-state index is 0. The summed E-state index contributed by atoms with van der Waals surface area (Å²) < 4.78 is 0. The van der Waals surface area contributed by atoms with E-state index in [2.05, 4.69) is 0 Å². The molecule has 4 nitrogen and oxygen atoms in total. The molecule has 1 rings (SSSR count). The van der Waals surface area contributed by atoms with Crippen LogP contribution >= 0.6 is 12.4 Å². The van der Waals surface area contributed by atoms with Crippen LogP contribution in [0.4, 0.5) is 5.69 Å². The highest BCUT2D eigenvalue weighted by Crippen LogP contribution is 2.12. The summed E-state index contributed by atoms with van der Waals surface area (Å²) in [6.45, 7) is 2.27. The van der Waals surface area contributed by atoms with Gasteiger partial charge in [-0.3, -0.25) is 4.79 Å². The molecule has 0 saturated carbocycles. The van der Waals surface area contributed by atoms with Crippen molar-refractivity contribution in [2.24, 2.45) is 0 Å². The van der Waals surface area contributed by atoms with Crippen molar-refractivity contribution in [3.8, 4) is 0 Å². The monoisotopic (exact) mass is 272 g/mol. The summed E-state index contributed by atoms with van der Waals surface area (Å²) >= 11 is 0. The van der Waals surface area contributed by atoms with Crippen molar-refractivity contribution in [3.05, 3.63) is 29.8 Å². The van der Waals surface area contributed by atoms with Gasteiger partial charge in [0.05, 0.1) is 12.5 Å². The van der Waals surface area contributed by atoms with E-state index >= 15 is 0 Å². The van der Waals surface area contributed by atoms with Crippen molar-refractivity contribution in [3.63, 3.8) is 0 Å². The van der Waals surface area contributed by atoms with E-state index in [1.807, 2.05) is 18.2 Å². The summed E-state index contributed by atoms with van der Waals surface area (Å²) in [6, 6.07) is 7.36. The predicted molar refractivity (Wildman–Crippen MR) is 75.7 cm³/mol. The lowest BCUT2D eigenvalue weighted by atomic mass is 10.1. The molecule has 3 N–H and O–H groups in total. The number of nitrogen functional groups attached to an aromatic ring is 1. The average Bonchev–Trinajstić information content (AvgIpc) is 2.28. The molecule has 102 valence electrons. The van der Waals surface area contributed by atoms with E-state index in [1.165, 1.54) is 0 Å². The second-order valence-electron chi connectivity index (χ2n) is 4.33. The first kappa shape index (κ1) is 16.7. The molecule has 0 spiro atoms. The molecule has 0 fully saturated rings. The first-order valence-electron chi connectivity index (χ1n) is 5.76. The molecular weight excluding hydrogens is 252 g/mol. The Bertz CT molecular complexity index is 383. The molecule has 0 aliphatic carbocycles. The van der Waals surface area contributed by atoms with Gasteiger partial charge in [0, 0.05) is 19.3 Å². The standard InChI is InChI=1S/C13H20N2O2.ClH/c1-10(16)7-8-15(2)13(17)9-11-5-3-4-6-12(11)14;/h3-6,10,16H,7-9,14H2,1-2H3;1H. The molecular formula is C13H21ClN2O2. The van der Waals surface area contributed by atoms with Gasteiger partial charge in [0.25, 0.3) is 0 Å². The van der Waals surface area contributed by atoms with Crippen LogP contribution in [-0.2, 0) is 11.2 Å². The smallest absolute Gasteiger partial charge is 0.226 e. The van der Waals surface area contributed by atoms with E-state index in [4.69, 9.17) is 10.8 Å². The van der Waals surface area contributed by atoms with E-state index in [0.717, 1.165) is 5.56 Å². The number of hydrogen-bond acceptors (Lipinski definition) is 3. The number of para-hydroxylation sites is 1. The highest BCUT2D eigenvalue weighted by Gasteiger charge is 2.11. The van der Waals surface area contributed by atoms with Gasteiger partial charge in [0.1, 0.15) is 0 Å². The fraction of sp³-hybridized carbons (Fsp3) is 0.462. The quantitative estimate of drug-likeness (QED) is 0.798. The minimum Gasteiger partial charge on any atom is -0.398 e. The summed E-state index contributed by atoms with van der Waals surface area (Å²) in [5, 5.41) is 9.16. The van der Waals surface area contributed by atoms with E-state index in [0.29, 0.717) is 25.1 Å². The summed E-state index contributed by atoms with van der Waals surface area (Å²) in [5.74, 6) is 0.0172. The third kappa shape index (κ3) is 5.38. The van der Waals surface area contributed by atoms with Crippen LogP contribution in [0.15, 0.2) is 24.3 Å². The number of anilines is 1. The van der Waals surface area contributed by atoms with Crippen LogP contribution in [-0.4, -0.2) is 35.6 Å². The van der Waals surface area contributed by atoms with Crippen molar-refractivity contribution < 1.29 is 9.90 Å². The number of aliphatic hydroxyl groups excluding tert-OH is 1. The van der Waals surface area contributed by atoms with E-state index in [9.17, 15) is 4.79 Å². The molecule has 1 aromatic carbocycles. The number of hydrogen-bond donors (Lipinski definition) is 2. The molecule has 0 radical (unpaired) electrons. The Morgan fingerprint density at radius 1 is 1.44 bits per heavy atom. The minimum atomic E-state index is -0.382. The zero-order valence-corrected chi connectivity index (χ0v) is 11.6. The SMILES string of the molecule is CC(O)CCN(C)C(=O)Cc1ccccc1N.Cl. The summed E-state index contributed by atoms with van der Waals surface area (Å²) in [7, 11) is 1.74. The highest BCUT2D eigenvalue weighted by atomic mass is 35.5. The van der Waals surface area contributed by atoms with Crippen molar-refractivity contribution in [2.45, 2.75) is 25.9 Å². The van der Waals surface area contributed by atoms with Crippen LogP contribution in [0.1, 0.15) is 18.9 Å². The Kier molecular flexibility index (Phi) is 7.39. The molecule has 0 aliphatic rings. The molecule has 1 amide bonds. The number of halogens is 1. The first-order chi connectivity index (χ1) is 8.00. The highest BCUT2D eigenvalue weighted by molar-refractivity contribution is 5.85. The maximum atomic E-state index is 11.9. The second kappa shape index (κ2) is 7.95. The topological polar surface area (TPSA) is 66.6 Å². The number of carbonyl (C=O) groups excluding carboxylic acids is 1. The number of likely N-dealkylation sites (N-methyl/N-ethyl adjacent to an activating group) is 1. The average molecular weight is 273 g/mol. The molecule has 0 aromatic heterocycles. The van der Waals surface area contributed by atoms with Crippen LogP contribution in [0.3, 0.4) is 0 Å². The molecule has 1 unspecified atom stereocenters. The lowest BCUT2D eigenvalue weighted by Gasteiger charge is -2.18. The molecule has 0 bridgehead atoms. The molecule has 1 aromatic rings. The normalized spacial score (nSPS) is 11.5. The van der Waals surface area contributed by atoms with E-state index in [-0.39, 0.29) is 24.4 Å². The number of aliphatic hydroxyl groups is 1. The van der Waals surface area contributed by atoms with Crippen LogP contribution in [0.5, 0.6) is 0 Å². The number of rotatable bonds is 5. The van der Waals surface area contributed by atoms with Crippen molar-refractivity contribution in [2.75, 3.05) is 19.3 Å². The number of carbonyl (C=O) groups is 1. The summed E-state index contributed by atoms with van der Waals surface area (Å²) in [5.41, 5.74) is 7.27. The Labute approximate surface area is 114 Å². The largest absolute Gasteiger partial charge is 0.398 e. The number of nitrogens with zero attached hydrogens (tertiary/aromatic N) is 1. The molecule has 0 aliphatic heterocycles. The maximum absolute atomic E-state index is 11.9. The Morgan fingerprint density at radius 2 is 2.06 bits per heavy atom. The van der Waals surface area contributed by atoms with Gasteiger partial charge in [-0.15, -0.1) is 12.4 Å². The fourth-order valence-corrected chi connectivity index (χ4v) is 1.50. The third-order valence-corrected chi connectivity index (χ3v) is 2.70. The van der Waals surface area contributed by atoms with Crippen molar-refractivity contribution >= 4 is 24.0 Å². The first-order valence-corrected chi connectivity index (χ1v) is 5.76. The molecule has 18 heavy (non-hydrogen) atoms. The zero-order chi connectivity index (χ0) is 12.8. The van der Waals surface area contributed by atoms with E-state index in [1.54, 1.807) is 24.9 Å². The predicted octanol–water partition coefficient (Wildman–Crippen LogP) is 1.46. The molecule has 1 atom stereocenters. The third-order valence-electron chi connectivity index (χ3n) is 2.70. The number of amides is 1. The molecule has 5 heteroatoms. The van der Waals surface area contributed by atoms with Crippen LogP contribution in [0.25, 0.3) is 0 Å². The van der Waals surface area contributed by atoms with Gasteiger partial charge in [-0.05, 0) is 25.0 Å². The van der Waals surface area contributed by atoms with E-state index < -0.39 is 0 Å². The number of nitrogens with two attached hydrogens (primary N) is 1. The van der Waals surface area contributed by atoms with Crippen LogP contribution in [0, 0.1) is 0 Å². The van der Waals surface area contributed by atoms with Crippen molar-refractivity contribution in [1.29, 1.82) is 0 Å². The van der Waals surface area contributed by atoms with Gasteiger partial charge in [-0.25, -0.2) is 0 Å². The number of benzene rings is 1. The molecule has 0 heterocycles. The fourth-order valence-electron chi connectivity index (χ4n) is 1.50.